The molecule has 1 amide bonds. The molecule has 0 atom stereocenters. The van der Waals surface area contributed by atoms with Gasteiger partial charge in [-0.05, 0) is 11.6 Å². The van der Waals surface area contributed by atoms with Gasteiger partial charge < -0.3 is 9.88 Å². The van der Waals surface area contributed by atoms with Crippen LogP contribution in [-0.2, 0) is 4.79 Å². The first-order valence-electron chi connectivity index (χ1n) is 7.32. The molecule has 1 aliphatic rings. The fourth-order valence-electron chi connectivity index (χ4n) is 3.04. The summed E-state index contributed by atoms with van der Waals surface area (Å²) < 4.78 is 0. The number of nitriles is 1. The topological polar surface area (TPSA) is 85.7 Å². The molecule has 23 heavy (non-hydrogen) atoms. The minimum absolute atomic E-state index is 0.0825. The number of carbonyl (C=O) groups is 1. The maximum atomic E-state index is 11.9. The SMILES string of the molecule is N#CCC(=O)N1CC=C(c2cncc3cnc4[nH]ccc4c23)C1. The lowest BCUT2D eigenvalue weighted by atomic mass is 10.0. The molecule has 4 heterocycles. The van der Waals surface area contributed by atoms with Crippen LogP contribution in [0.4, 0.5) is 0 Å². The lowest BCUT2D eigenvalue weighted by molar-refractivity contribution is -0.128. The van der Waals surface area contributed by atoms with Gasteiger partial charge in [-0.3, -0.25) is 9.78 Å². The number of hydrogen-bond acceptors (Lipinski definition) is 4. The minimum Gasteiger partial charge on any atom is -0.346 e. The lowest BCUT2D eigenvalue weighted by Gasteiger charge is -2.15. The molecule has 0 saturated carbocycles. The van der Waals surface area contributed by atoms with E-state index in [2.05, 4.69) is 15.0 Å². The molecule has 0 fully saturated rings. The van der Waals surface area contributed by atoms with Crippen molar-refractivity contribution in [2.45, 2.75) is 6.42 Å². The molecule has 0 aromatic carbocycles. The van der Waals surface area contributed by atoms with E-state index in [0.717, 1.165) is 32.9 Å². The molecule has 112 valence electrons. The second-order valence-electron chi connectivity index (χ2n) is 5.49. The van der Waals surface area contributed by atoms with Crippen molar-refractivity contribution < 1.29 is 4.79 Å². The van der Waals surface area contributed by atoms with Gasteiger partial charge in [0.15, 0.2) is 0 Å². The third-order valence-corrected chi connectivity index (χ3v) is 4.15. The average Bonchev–Trinajstić information content (AvgIpc) is 3.23. The maximum Gasteiger partial charge on any atom is 0.237 e. The number of nitrogens with zero attached hydrogens (tertiary/aromatic N) is 4. The van der Waals surface area contributed by atoms with Crippen LogP contribution in [0.1, 0.15) is 12.0 Å². The first kappa shape index (κ1) is 13.5. The Bertz CT molecular complexity index is 995. The lowest BCUT2D eigenvalue weighted by Crippen LogP contribution is -2.28. The van der Waals surface area contributed by atoms with Crippen molar-refractivity contribution in [1.29, 1.82) is 5.26 Å². The fraction of sp³-hybridized carbons (Fsp3) is 0.176. The predicted molar refractivity (Wildman–Crippen MR) is 86.2 cm³/mol. The predicted octanol–water partition coefficient (Wildman–Crippen LogP) is 2.25. The Hall–Kier alpha value is -3.20. The highest BCUT2D eigenvalue weighted by Gasteiger charge is 2.22. The molecule has 0 aliphatic carbocycles. The van der Waals surface area contributed by atoms with Crippen molar-refractivity contribution in [2.24, 2.45) is 0 Å². The maximum absolute atomic E-state index is 11.9. The van der Waals surface area contributed by atoms with Gasteiger partial charge in [0, 0.05) is 59.6 Å². The number of H-pyrrole nitrogens is 1. The standard InChI is InChI=1S/C17H13N5O/c18-4-1-15(23)22-6-3-11(10-22)14-9-19-7-12-8-21-17-13(16(12)14)2-5-20-17/h2-3,5,7-9H,1,6,10H2,(H,20,21). The van der Waals surface area contributed by atoms with E-state index in [0.29, 0.717) is 13.1 Å². The van der Waals surface area contributed by atoms with Gasteiger partial charge in [-0.1, -0.05) is 6.08 Å². The van der Waals surface area contributed by atoms with Crippen LogP contribution in [0.15, 0.2) is 36.9 Å². The zero-order valence-corrected chi connectivity index (χ0v) is 12.3. The van der Waals surface area contributed by atoms with Crippen molar-refractivity contribution in [3.63, 3.8) is 0 Å². The van der Waals surface area contributed by atoms with Gasteiger partial charge in [0.2, 0.25) is 5.91 Å². The third-order valence-electron chi connectivity index (χ3n) is 4.15. The Balaban J connectivity index is 1.80. The number of pyridine rings is 2. The zero-order chi connectivity index (χ0) is 15.8. The summed E-state index contributed by atoms with van der Waals surface area (Å²) in [7, 11) is 0. The van der Waals surface area contributed by atoms with Crippen LogP contribution in [0.5, 0.6) is 0 Å². The van der Waals surface area contributed by atoms with Gasteiger partial charge in [0.05, 0.1) is 6.07 Å². The monoisotopic (exact) mass is 303 g/mol. The molecule has 0 saturated heterocycles. The van der Waals surface area contributed by atoms with Gasteiger partial charge >= 0.3 is 0 Å². The summed E-state index contributed by atoms with van der Waals surface area (Å²) >= 11 is 0. The van der Waals surface area contributed by atoms with E-state index in [1.165, 1.54) is 0 Å². The van der Waals surface area contributed by atoms with E-state index in [9.17, 15) is 4.79 Å². The molecule has 0 spiro atoms. The number of fused-ring (bicyclic) bond motifs is 3. The molecule has 6 nitrogen and oxygen atoms in total. The van der Waals surface area contributed by atoms with Crippen LogP contribution < -0.4 is 0 Å². The van der Waals surface area contributed by atoms with Crippen LogP contribution >= 0.6 is 0 Å². The third kappa shape index (κ3) is 2.14. The van der Waals surface area contributed by atoms with Crippen molar-refractivity contribution in [3.05, 3.63) is 42.5 Å². The Morgan fingerprint density at radius 2 is 2.30 bits per heavy atom. The van der Waals surface area contributed by atoms with Crippen molar-refractivity contribution in [1.82, 2.24) is 19.9 Å². The van der Waals surface area contributed by atoms with Gasteiger partial charge in [-0.15, -0.1) is 0 Å². The van der Waals surface area contributed by atoms with E-state index < -0.39 is 0 Å². The first-order valence-corrected chi connectivity index (χ1v) is 7.32. The van der Waals surface area contributed by atoms with E-state index >= 15 is 0 Å². The Morgan fingerprint density at radius 1 is 1.39 bits per heavy atom. The van der Waals surface area contributed by atoms with E-state index in [-0.39, 0.29) is 12.3 Å². The van der Waals surface area contributed by atoms with Crippen molar-refractivity contribution >= 4 is 33.3 Å². The fourth-order valence-corrected chi connectivity index (χ4v) is 3.04. The van der Waals surface area contributed by atoms with Gasteiger partial charge in [0.25, 0.3) is 0 Å². The van der Waals surface area contributed by atoms with E-state index in [1.54, 1.807) is 17.3 Å². The highest BCUT2D eigenvalue weighted by Crippen LogP contribution is 2.31. The van der Waals surface area contributed by atoms with Crippen LogP contribution in [-0.4, -0.2) is 38.8 Å². The summed E-state index contributed by atoms with van der Waals surface area (Å²) in [5.41, 5.74) is 2.91. The van der Waals surface area contributed by atoms with Gasteiger partial charge in [-0.25, -0.2) is 4.98 Å². The summed E-state index contributed by atoms with van der Waals surface area (Å²) in [5.74, 6) is -0.139. The Morgan fingerprint density at radius 3 is 3.17 bits per heavy atom. The molecule has 3 aromatic heterocycles. The number of amides is 1. The summed E-state index contributed by atoms with van der Waals surface area (Å²) in [4.78, 5) is 25.4. The highest BCUT2D eigenvalue weighted by atomic mass is 16.2. The average molecular weight is 303 g/mol. The molecule has 1 N–H and O–H groups in total. The number of hydrogen-bond donors (Lipinski definition) is 1. The molecule has 3 aromatic rings. The van der Waals surface area contributed by atoms with Crippen molar-refractivity contribution in [3.8, 4) is 6.07 Å². The quantitative estimate of drug-likeness (QED) is 0.786. The minimum atomic E-state index is -0.139. The van der Waals surface area contributed by atoms with Crippen LogP contribution in [0.2, 0.25) is 0 Å². The molecule has 4 rings (SSSR count). The molecule has 6 heteroatoms. The molecule has 0 radical (unpaired) electrons. The summed E-state index contributed by atoms with van der Waals surface area (Å²) in [6.45, 7) is 1.04. The number of rotatable bonds is 2. The summed E-state index contributed by atoms with van der Waals surface area (Å²) in [5, 5.41) is 11.8. The van der Waals surface area contributed by atoms with E-state index in [1.807, 2.05) is 30.6 Å². The smallest absolute Gasteiger partial charge is 0.237 e. The molecule has 0 unspecified atom stereocenters. The number of nitrogens with one attached hydrogen (secondary N) is 1. The van der Waals surface area contributed by atoms with Crippen LogP contribution in [0.25, 0.3) is 27.4 Å². The molecule has 1 aliphatic heterocycles. The number of aromatic amines is 1. The van der Waals surface area contributed by atoms with Gasteiger partial charge in [-0.2, -0.15) is 5.26 Å². The van der Waals surface area contributed by atoms with Crippen LogP contribution in [0, 0.1) is 11.3 Å². The normalized spacial score (nSPS) is 14.2. The summed E-state index contributed by atoms with van der Waals surface area (Å²) in [6.07, 6.45) is 9.25. The Labute approximate surface area is 132 Å². The number of aromatic nitrogens is 3. The second kappa shape index (κ2) is 5.21. The highest BCUT2D eigenvalue weighted by molar-refractivity contribution is 6.10. The first-order chi connectivity index (χ1) is 11.3. The molecular weight excluding hydrogens is 290 g/mol. The molecule has 0 bridgehead atoms. The largest absolute Gasteiger partial charge is 0.346 e. The van der Waals surface area contributed by atoms with E-state index in [4.69, 9.17) is 5.26 Å². The zero-order valence-electron chi connectivity index (χ0n) is 12.3. The summed E-state index contributed by atoms with van der Waals surface area (Å²) in [6, 6.07) is 3.91. The van der Waals surface area contributed by atoms with Crippen LogP contribution in [0.3, 0.4) is 0 Å². The van der Waals surface area contributed by atoms with Gasteiger partial charge in [0.1, 0.15) is 12.1 Å². The number of carbonyl (C=O) groups excluding carboxylic acids is 1. The molecular formula is C17H13N5O. The van der Waals surface area contributed by atoms with Crippen molar-refractivity contribution in [2.75, 3.05) is 13.1 Å². The Kier molecular flexibility index (Phi) is 3.05. The second-order valence-corrected chi connectivity index (χ2v) is 5.49.